The van der Waals surface area contributed by atoms with E-state index in [1.165, 1.54) is 32.2 Å². The van der Waals surface area contributed by atoms with Gasteiger partial charge in [-0.1, -0.05) is 12.8 Å². The average molecular weight is 353 g/mol. The van der Waals surface area contributed by atoms with Crippen molar-refractivity contribution in [2.24, 2.45) is 5.92 Å². The van der Waals surface area contributed by atoms with Crippen molar-refractivity contribution in [1.82, 2.24) is 4.90 Å². The minimum absolute atomic E-state index is 0. The summed E-state index contributed by atoms with van der Waals surface area (Å²) in [6.07, 6.45) is 5.88. The van der Waals surface area contributed by atoms with Crippen molar-refractivity contribution in [2.75, 3.05) is 41.4 Å². The molecule has 0 atom stereocenters. The van der Waals surface area contributed by atoms with Crippen LogP contribution in [-0.2, 0) is 0 Å². The zero-order chi connectivity index (χ0) is 10.8. The number of nitrogens with zero attached hydrogens (tertiary/aromatic N) is 3. The first kappa shape index (κ1) is 22.3. The molecule has 0 aliphatic heterocycles. The molecule has 0 saturated heterocycles. The Balaban J connectivity index is -0.000000214. The Kier molecular flexibility index (Phi) is 22.4. The van der Waals surface area contributed by atoms with E-state index in [1.807, 2.05) is 0 Å². The molecule has 1 fully saturated rings. The molecule has 0 unspecified atom stereocenters. The molecule has 0 aromatic rings. The Morgan fingerprint density at radius 1 is 1.06 bits per heavy atom. The van der Waals surface area contributed by atoms with Crippen LogP contribution in [0.2, 0.25) is 0 Å². The first-order chi connectivity index (χ1) is 6.70. The maximum absolute atomic E-state index is 3.69. The van der Waals surface area contributed by atoms with E-state index in [2.05, 4.69) is 29.6 Å². The van der Waals surface area contributed by atoms with Crippen LogP contribution < -0.4 is 0 Å². The van der Waals surface area contributed by atoms with Crippen molar-refractivity contribution in [1.29, 1.82) is 0 Å². The molecule has 0 bridgehead atoms. The van der Waals surface area contributed by atoms with Crippen molar-refractivity contribution in [3.63, 3.8) is 0 Å². The van der Waals surface area contributed by atoms with Crippen LogP contribution in [0.4, 0.5) is 0 Å². The minimum atomic E-state index is 0. The summed E-state index contributed by atoms with van der Waals surface area (Å²) in [5.74, 6) is 1.01. The molecule has 4 heteroatoms. The van der Waals surface area contributed by atoms with Gasteiger partial charge in [0.25, 0.3) is 0 Å². The van der Waals surface area contributed by atoms with E-state index in [4.69, 9.17) is 0 Å². The topological polar surface area (TPSA) is 31.4 Å². The second kappa shape index (κ2) is 16.1. The van der Waals surface area contributed by atoms with Gasteiger partial charge in [0.05, 0.1) is 0 Å². The standard InChI is InChI=1S/C8H17N.C3H8N2.CH3.La/c1-9(2)7-8-5-3-4-6-8;1-4-3-5-2;;/h8H,3-7H2,1-2H3;3H2,1-2H3;1H3;/q;-2;-1;. The minimum Gasteiger partial charge on any atom is -0.683 e. The van der Waals surface area contributed by atoms with Crippen molar-refractivity contribution < 1.29 is 35.6 Å². The van der Waals surface area contributed by atoms with Crippen molar-refractivity contribution in [3.05, 3.63) is 18.1 Å². The molecule has 16 heavy (non-hydrogen) atoms. The average Bonchev–Trinajstić information content (AvgIpc) is 2.58. The summed E-state index contributed by atoms with van der Waals surface area (Å²) in [5, 5.41) is 7.38. The van der Waals surface area contributed by atoms with Crippen LogP contribution in [0.15, 0.2) is 0 Å². The van der Waals surface area contributed by atoms with Crippen molar-refractivity contribution in [3.8, 4) is 0 Å². The summed E-state index contributed by atoms with van der Waals surface area (Å²) in [6.45, 7) is 1.94. The van der Waals surface area contributed by atoms with Gasteiger partial charge in [-0.05, 0) is 32.9 Å². The van der Waals surface area contributed by atoms with E-state index in [-0.39, 0.29) is 43.0 Å². The normalized spacial score (nSPS) is 14.8. The third kappa shape index (κ3) is 15.1. The third-order valence-electron chi connectivity index (χ3n) is 2.38. The second-order valence-electron chi connectivity index (χ2n) is 4.19. The van der Waals surface area contributed by atoms with Crippen LogP contribution in [0.5, 0.6) is 0 Å². The fraction of sp³-hybridized carbons (Fsp3) is 0.917. The van der Waals surface area contributed by atoms with Crippen LogP contribution in [0.25, 0.3) is 10.6 Å². The van der Waals surface area contributed by atoms with E-state index in [9.17, 15) is 0 Å². The first-order valence-corrected chi connectivity index (χ1v) is 5.46. The quantitative estimate of drug-likeness (QED) is 0.715. The van der Waals surface area contributed by atoms with E-state index in [0.29, 0.717) is 6.67 Å². The van der Waals surface area contributed by atoms with Gasteiger partial charge >= 0.3 is 0 Å². The first-order valence-electron chi connectivity index (χ1n) is 5.46. The molecule has 0 aromatic carbocycles. The van der Waals surface area contributed by atoms with Gasteiger partial charge in [-0.3, -0.25) is 6.67 Å². The van der Waals surface area contributed by atoms with Crippen molar-refractivity contribution in [2.45, 2.75) is 25.7 Å². The molecular formula is C12H28LaN3-3. The van der Waals surface area contributed by atoms with Crippen LogP contribution in [-0.4, -0.2) is 46.3 Å². The predicted octanol–water partition coefficient (Wildman–Crippen LogP) is 3.14. The summed E-state index contributed by atoms with van der Waals surface area (Å²) in [4.78, 5) is 2.30. The Bertz CT molecular complexity index is 113. The van der Waals surface area contributed by atoms with Gasteiger partial charge in [0.2, 0.25) is 0 Å². The van der Waals surface area contributed by atoms with Gasteiger partial charge < -0.3 is 23.0 Å². The molecule has 1 rings (SSSR count). The molecule has 0 spiro atoms. The van der Waals surface area contributed by atoms with E-state index < -0.39 is 0 Å². The Labute approximate surface area is 131 Å². The molecule has 0 N–H and O–H groups in total. The fourth-order valence-electron chi connectivity index (χ4n) is 1.85. The van der Waals surface area contributed by atoms with Crippen LogP contribution in [0, 0.1) is 48.9 Å². The zero-order valence-electron chi connectivity index (χ0n) is 11.7. The van der Waals surface area contributed by atoms with E-state index in [1.54, 1.807) is 14.1 Å². The largest absolute Gasteiger partial charge is 0.683 e. The molecule has 0 heterocycles. The summed E-state index contributed by atoms with van der Waals surface area (Å²) < 4.78 is 0. The molecule has 1 aliphatic rings. The number of hydrogen-bond acceptors (Lipinski definition) is 1. The van der Waals surface area contributed by atoms with Gasteiger partial charge in [-0.15, -0.1) is 0 Å². The van der Waals surface area contributed by atoms with Gasteiger partial charge in [-0.2, -0.15) is 14.1 Å². The second-order valence-corrected chi connectivity index (χ2v) is 4.19. The van der Waals surface area contributed by atoms with Crippen LogP contribution in [0.3, 0.4) is 0 Å². The fourth-order valence-corrected chi connectivity index (χ4v) is 1.85. The van der Waals surface area contributed by atoms with E-state index in [0.717, 1.165) is 5.92 Å². The molecule has 1 saturated carbocycles. The summed E-state index contributed by atoms with van der Waals surface area (Å²) in [7, 11) is 7.82. The van der Waals surface area contributed by atoms with E-state index >= 15 is 0 Å². The third-order valence-corrected chi connectivity index (χ3v) is 2.38. The van der Waals surface area contributed by atoms with Crippen LogP contribution in [0.1, 0.15) is 25.7 Å². The Hall–Kier alpha value is 1.07. The van der Waals surface area contributed by atoms with Crippen LogP contribution >= 0.6 is 0 Å². The molecule has 3 nitrogen and oxygen atoms in total. The summed E-state index contributed by atoms with van der Waals surface area (Å²) in [6, 6.07) is 0. The zero-order valence-corrected chi connectivity index (χ0v) is 15.4. The Morgan fingerprint density at radius 2 is 1.50 bits per heavy atom. The summed E-state index contributed by atoms with van der Waals surface area (Å²) >= 11 is 0. The summed E-state index contributed by atoms with van der Waals surface area (Å²) in [5.41, 5.74) is 0. The van der Waals surface area contributed by atoms with Gasteiger partial charge in [-0.25, -0.2) is 0 Å². The van der Waals surface area contributed by atoms with Gasteiger partial charge in [0.1, 0.15) is 0 Å². The Morgan fingerprint density at radius 3 is 1.75 bits per heavy atom. The monoisotopic (exact) mass is 353 g/mol. The van der Waals surface area contributed by atoms with Gasteiger partial charge in [0.15, 0.2) is 0 Å². The molecule has 0 amide bonds. The molecule has 97 valence electrons. The SMILES string of the molecule is CN(C)CC1CCCC1.C[N-]C[N-]C.[CH3-].[La]. The maximum atomic E-state index is 3.69. The van der Waals surface area contributed by atoms with Gasteiger partial charge in [0, 0.05) is 42.1 Å². The molecule has 1 radical (unpaired) electrons. The number of hydrogen-bond donors (Lipinski definition) is 0. The predicted molar refractivity (Wildman–Crippen MR) is 70.4 cm³/mol. The molecular weight excluding hydrogens is 325 g/mol. The van der Waals surface area contributed by atoms with Crippen molar-refractivity contribution >= 4 is 0 Å². The molecule has 0 aromatic heterocycles. The number of rotatable bonds is 4. The maximum Gasteiger partial charge on any atom is 0.000356 e. The smallest absolute Gasteiger partial charge is 0.000356 e. The molecule has 1 aliphatic carbocycles.